The van der Waals surface area contributed by atoms with Gasteiger partial charge in [-0.3, -0.25) is 0 Å². The van der Waals surface area contributed by atoms with Gasteiger partial charge >= 0.3 is 0 Å². The molecule has 0 atom stereocenters. The highest BCUT2D eigenvalue weighted by Gasteiger charge is 2.22. The molecule has 0 heterocycles. The van der Waals surface area contributed by atoms with E-state index in [2.05, 4.69) is 40.0 Å². The molecular formula is C14H21BrN2O. The fraction of sp³-hybridized carbons (Fsp3) is 0.571. The van der Waals surface area contributed by atoms with Crippen molar-refractivity contribution in [2.75, 3.05) is 19.1 Å². The molecule has 18 heavy (non-hydrogen) atoms. The first kappa shape index (κ1) is 13.7. The fourth-order valence-electron chi connectivity index (χ4n) is 2.57. The Morgan fingerprint density at radius 2 is 1.94 bits per heavy atom. The third-order valence-corrected chi connectivity index (χ3v) is 4.45. The number of halogens is 1. The molecule has 0 aromatic heterocycles. The second kappa shape index (κ2) is 5.93. The summed E-state index contributed by atoms with van der Waals surface area (Å²) in [6, 6.07) is 7.23. The van der Waals surface area contributed by atoms with Crippen LogP contribution in [0.15, 0.2) is 22.7 Å². The van der Waals surface area contributed by atoms with Crippen LogP contribution in [0.1, 0.15) is 25.7 Å². The van der Waals surface area contributed by atoms with Gasteiger partial charge in [0.25, 0.3) is 0 Å². The van der Waals surface area contributed by atoms with Crippen molar-refractivity contribution in [3.05, 3.63) is 22.7 Å². The summed E-state index contributed by atoms with van der Waals surface area (Å²) in [5.74, 6) is 0.873. The van der Waals surface area contributed by atoms with Gasteiger partial charge in [-0.1, -0.05) is 0 Å². The number of methoxy groups -OCH3 is 1. The van der Waals surface area contributed by atoms with Crippen LogP contribution in [0.5, 0.6) is 5.75 Å². The summed E-state index contributed by atoms with van der Waals surface area (Å²) in [4.78, 5) is 2.36. The summed E-state index contributed by atoms with van der Waals surface area (Å²) < 4.78 is 6.26. The third kappa shape index (κ3) is 2.98. The number of benzene rings is 1. The van der Waals surface area contributed by atoms with Gasteiger partial charge in [-0.25, -0.2) is 0 Å². The van der Waals surface area contributed by atoms with Gasteiger partial charge in [0.2, 0.25) is 0 Å². The lowest BCUT2D eigenvalue weighted by Gasteiger charge is -2.35. The molecule has 4 heteroatoms. The van der Waals surface area contributed by atoms with Gasteiger partial charge in [0.05, 0.1) is 11.6 Å². The van der Waals surface area contributed by atoms with Crippen LogP contribution in [0.4, 0.5) is 5.69 Å². The molecule has 0 bridgehead atoms. The number of ether oxygens (including phenoxy) is 1. The zero-order chi connectivity index (χ0) is 13.1. The predicted molar refractivity (Wildman–Crippen MR) is 79.3 cm³/mol. The van der Waals surface area contributed by atoms with E-state index in [0.717, 1.165) is 23.1 Å². The molecule has 1 fully saturated rings. The second-order valence-electron chi connectivity index (χ2n) is 5.00. The molecular weight excluding hydrogens is 292 g/mol. The molecule has 1 aliphatic rings. The minimum atomic E-state index is 0.400. The molecule has 0 aliphatic heterocycles. The van der Waals surface area contributed by atoms with Crippen molar-refractivity contribution in [1.29, 1.82) is 0 Å². The second-order valence-corrected chi connectivity index (χ2v) is 5.85. The quantitative estimate of drug-likeness (QED) is 0.931. The van der Waals surface area contributed by atoms with Crippen molar-refractivity contribution in [3.63, 3.8) is 0 Å². The Morgan fingerprint density at radius 3 is 2.50 bits per heavy atom. The van der Waals surface area contributed by atoms with Crippen LogP contribution in [-0.4, -0.2) is 26.2 Å². The molecule has 1 aliphatic carbocycles. The summed E-state index contributed by atoms with van der Waals surface area (Å²) in [5.41, 5.74) is 7.18. The lowest BCUT2D eigenvalue weighted by atomic mass is 9.91. The van der Waals surface area contributed by atoms with Crippen LogP contribution in [0.25, 0.3) is 0 Å². The van der Waals surface area contributed by atoms with Gasteiger partial charge in [-0.2, -0.15) is 0 Å². The molecule has 0 spiro atoms. The highest BCUT2D eigenvalue weighted by atomic mass is 79.9. The Labute approximate surface area is 117 Å². The first-order valence-corrected chi connectivity index (χ1v) is 7.23. The molecule has 1 aromatic carbocycles. The number of hydrogen-bond acceptors (Lipinski definition) is 3. The minimum absolute atomic E-state index is 0.400. The Morgan fingerprint density at radius 1 is 1.28 bits per heavy atom. The highest BCUT2D eigenvalue weighted by molar-refractivity contribution is 9.10. The van der Waals surface area contributed by atoms with Crippen molar-refractivity contribution in [2.24, 2.45) is 5.73 Å². The van der Waals surface area contributed by atoms with E-state index in [-0.39, 0.29) is 0 Å². The van der Waals surface area contributed by atoms with E-state index >= 15 is 0 Å². The zero-order valence-corrected chi connectivity index (χ0v) is 12.6. The average molecular weight is 313 g/mol. The Kier molecular flexibility index (Phi) is 4.51. The topological polar surface area (TPSA) is 38.5 Å². The molecule has 2 rings (SSSR count). The maximum atomic E-state index is 5.96. The summed E-state index contributed by atoms with van der Waals surface area (Å²) in [6.07, 6.45) is 4.63. The van der Waals surface area contributed by atoms with Crippen molar-refractivity contribution < 1.29 is 4.74 Å². The third-order valence-electron chi connectivity index (χ3n) is 3.83. The lowest BCUT2D eigenvalue weighted by Crippen LogP contribution is -2.38. The number of nitrogens with two attached hydrogens (primary N) is 1. The van der Waals surface area contributed by atoms with Crippen molar-refractivity contribution >= 4 is 21.6 Å². The number of hydrogen-bond donors (Lipinski definition) is 1. The molecule has 0 unspecified atom stereocenters. The monoisotopic (exact) mass is 312 g/mol. The molecule has 2 N–H and O–H groups in total. The molecule has 100 valence electrons. The maximum Gasteiger partial charge on any atom is 0.133 e. The summed E-state index contributed by atoms with van der Waals surface area (Å²) in [6.45, 7) is 0. The predicted octanol–water partition coefficient (Wildman–Crippen LogP) is 3.16. The van der Waals surface area contributed by atoms with Gasteiger partial charge in [-0.05, 0) is 59.8 Å². The Hall–Kier alpha value is -0.740. The van der Waals surface area contributed by atoms with Crippen LogP contribution in [0.3, 0.4) is 0 Å². The van der Waals surface area contributed by atoms with Gasteiger partial charge in [0, 0.05) is 24.8 Å². The van der Waals surface area contributed by atoms with Crippen molar-refractivity contribution in [3.8, 4) is 5.75 Å². The van der Waals surface area contributed by atoms with Gasteiger partial charge in [-0.15, -0.1) is 0 Å². The van der Waals surface area contributed by atoms with Gasteiger partial charge in [0.1, 0.15) is 5.75 Å². The minimum Gasteiger partial charge on any atom is -0.496 e. The fourth-order valence-corrected chi connectivity index (χ4v) is 3.10. The van der Waals surface area contributed by atoms with Crippen LogP contribution >= 0.6 is 15.9 Å². The van der Waals surface area contributed by atoms with E-state index in [1.54, 1.807) is 7.11 Å². The number of nitrogens with zero attached hydrogens (tertiary/aromatic N) is 1. The van der Waals surface area contributed by atoms with Crippen LogP contribution in [0.2, 0.25) is 0 Å². The first-order valence-electron chi connectivity index (χ1n) is 6.43. The standard InChI is InChI=1S/C14H21BrN2O/c1-17(11-5-3-10(16)4-6-11)12-7-8-14(18-2)13(15)9-12/h7-11H,3-6,16H2,1-2H3. The number of anilines is 1. The van der Waals surface area contributed by atoms with Crippen LogP contribution in [-0.2, 0) is 0 Å². The maximum absolute atomic E-state index is 5.96. The molecule has 0 saturated heterocycles. The van der Waals surface area contributed by atoms with E-state index < -0.39 is 0 Å². The summed E-state index contributed by atoms with van der Waals surface area (Å²) in [7, 11) is 3.85. The van der Waals surface area contributed by atoms with E-state index in [0.29, 0.717) is 12.1 Å². The summed E-state index contributed by atoms with van der Waals surface area (Å²) in [5, 5.41) is 0. The van der Waals surface area contributed by atoms with E-state index in [1.807, 2.05) is 6.07 Å². The number of rotatable bonds is 3. The SMILES string of the molecule is COc1ccc(N(C)C2CCC(N)CC2)cc1Br. The molecule has 0 radical (unpaired) electrons. The molecule has 1 saturated carbocycles. The van der Waals surface area contributed by atoms with Crippen LogP contribution < -0.4 is 15.4 Å². The normalized spacial score (nSPS) is 23.8. The average Bonchev–Trinajstić information content (AvgIpc) is 2.38. The van der Waals surface area contributed by atoms with Crippen molar-refractivity contribution in [1.82, 2.24) is 0 Å². The highest BCUT2D eigenvalue weighted by Crippen LogP contribution is 2.32. The lowest BCUT2D eigenvalue weighted by molar-refractivity contribution is 0.384. The van der Waals surface area contributed by atoms with Gasteiger partial charge in [0.15, 0.2) is 0 Å². The Balaban J connectivity index is 2.08. The van der Waals surface area contributed by atoms with Crippen LogP contribution in [0, 0.1) is 0 Å². The molecule has 1 aromatic rings. The van der Waals surface area contributed by atoms with Crippen molar-refractivity contribution in [2.45, 2.75) is 37.8 Å². The molecule has 0 amide bonds. The summed E-state index contributed by atoms with van der Waals surface area (Å²) >= 11 is 3.54. The van der Waals surface area contributed by atoms with E-state index in [1.165, 1.54) is 18.5 Å². The van der Waals surface area contributed by atoms with E-state index in [4.69, 9.17) is 10.5 Å². The Bertz CT molecular complexity index is 403. The van der Waals surface area contributed by atoms with Gasteiger partial charge < -0.3 is 15.4 Å². The largest absolute Gasteiger partial charge is 0.496 e. The molecule has 3 nitrogen and oxygen atoms in total. The smallest absolute Gasteiger partial charge is 0.133 e. The zero-order valence-electron chi connectivity index (χ0n) is 11.0. The first-order chi connectivity index (χ1) is 8.61. The van der Waals surface area contributed by atoms with E-state index in [9.17, 15) is 0 Å².